The molecule has 0 radical (unpaired) electrons. The lowest BCUT2D eigenvalue weighted by molar-refractivity contribution is -0.143. The molecule has 13 heavy (non-hydrogen) atoms. The Morgan fingerprint density at radius 2 is 1.85 bits per heavy atom. The summed E-state index contributed by atoms with van der Waals surface area (Å²) >= 11 is 0. The lowest BCUT2D eigenvalue weighted by Crippen LogP contribution is -2.33. The van der Waals surface area contributed by atoms with Gasteiger partial charge in [-0.05, 0) is 13.8 Å². The van der Waals surface area contributed by atoms with Gasteiger partial charge >= 0.3 is 5.97 Å². The quantitative estimate of drug-likeness (QED) is 0.612. The average molecular weight is 187 g/mol. The Bertz CT molecular complexity index is 189. The van der Waals surface area contributed by atoms with Crippen LogP contribution in [0.2, 0.25) is 0 Å². The minimum atomic E-state index is -0.342. The topological polar surface area (TPSA) is 46.6 Å². The van der Waals surface area contributed by atoms with E-state index in [4.69, 9.17) is 0 Å². The zero-order chi connectivity index (χ0) is 10.4. The van der Waals surface area contributed by atoms with Gasteiger partial charge in [0.15, 0.2) is 0 Å². The van der Waals surface area contributed by atoms with Gasteiger partial charge < -0.3 is 9.64 Å². The highest BCUT2D eigenvalue weighted by molar-refractivity contribution is 5.81. The standard InChI is InChI=1S/C9H17NO3/c1-7(2)10(3)8(11)5-6-9(12)13-4/h7H,5-6H2,1-4H3. The fraction of sp³-hybridized carbons (Fsp3) is 0.778. The molecule has 0 aromatic heterocycles. The van der Waals surface area contributed by atoms with Crippen molar-refractivity contribution in [1.82, 2.24) is 4.90 Å². The van der Waals surface area contributed by atoms with Crippen molar-refractivity contribution in [3.8, 4) is 0 Å². The molecule has 0 heterocycles. The van der Waals surface area contributed by atoms with Crippen LogP contribution < -0.4 is 0 Å². The molecule has 0 saturated heterocycles. The summed E-state index contributed by atoms with van der Waals surface area (Å²) in [7, 11) is 3.04. The molecule has 0 atom stereocenters. The second-order valence-corrected chi connectivity index (χ2v) is 3.17. The highest BCUT2D eigenvalue weighted by atomic mass is 16.5. The van der Waals surface area contributed by atoms with E-state index < -0.39 is 0 Å². The number of methoxy groups -OCH3 is 1. The number of rotatable bonds is 4. The number of nitrogens with zero attached hydrogens (tertiary/aromatic N) is 1. The van der Waals surface area contributed by atoms with Gasteiger partial charge in [0.05, 0.1) is 13.5 Å². The van der Waals surface area contributed by atoms with Crippen LogP contribution in [0.5, 0.6) is 0 Å². The Labute approximate surface area is 78.9 Å². The maximum atomic E-state index is 11.3. The van der Waals surface area contributed by atoms with Crippen molar-refractivity contribution in [1.29, 1.82) is 0 Å². The van der Waals surface area contributed by atoms with Gasteiger partial charge in [0, 0.05) is 19.5 Å². The van der Waals surface area contributed by atoms with Crippen molar-refractivity contribution in [2.45, 2.75) is 32.7 Å². The van der Waals surface area contributed by atoms with Crippen LogP contribution in [-0.4, -0.2) is 37.0 Å². The van der Waals surface area contributed by atoms with E-state index >= 15 is 0 Å². The van der Waals surface area contributed by atoms with Crippen molar-refractivity contribution in [2.24, 2.45) is 0 Å². The summed E-state index contributed by atoms with van der Waals surface area (Å²) in [5, 5.41) is 0. The van der Waals surface area contributed by atoms with E-state index in [0.717, 1.165) is 0 Å². The van der Waals surface area contributed by atoms with E-state index in [1.165, 1.54) is 7.11 Å². The molecule has 1 amide bonds. The predicted molar refractivity (Wildman–Crippen MR) is 49.2 cm³/mol. The van der Waals surface area contributed by atoms with Gasteiger partial charge in [0.25, 0.3) is 0 Å². The van der Waals surface area contributed by atoms with Gasteiger partial charge in [-0.25, -0.2) is 0 Å². The summed E-state index contributed by atoms with van der Waals surface area (Å²) < 4.78 is 4.43. The third-order valence-electron chi connectivity index (χ3n) is 1.94. The minimum absolute atomic E-state index is 0.0274. The van der Waals surface area contributed by atoms with Gasteiger partial charge in [-0.15, -0.1) is 0 Å². The Morgan fingerprint density at radius 1 is 1.31 bits per heavy atom. The van der Waals surface area contributed by atoms with Crippen LogP contribution in [0.1, 0.15) is 26.7 Å². The second-order valence-electron chi connectivity index (χ2n) is 3.17. The first-order valence-corrected chi connectivity index (χ1v) is 4.31. The molecular weight excluding hydrogens is 170 g/mol. The minimum Gasteiger partial charge on any atom is -0.469 e. The van der Waals surface area contributed by atoms with Crippen LogP contribution in [0, 0.1) is 0 Å². The van der Waals surface area contributed by atoms with Gasteiger partial charge in [0.1, 0.15) is 0 Å². The first-order valence-electron chi connectivity index (χ1n) is 4.31. The van der Waals surface area contributed by atoms with Gasteiger partial charge in [0.2, 0.25) is 5.91 Å². The maximum absolute atomic E-state index is 11.3. The molecule has 0 fully saturated rings. The number of hydrogen-bond donors (Lipinski definition) is 0. The molecule has 76 valence electrons. The number of ether oxygens (including phenoxy) is 1. The zero-order valence-electron chi connectivity index (χ0n) is 8.66. The van der Waals surface area contributed by atoms with E-state index in [9.17, 15) is 9.59 Å². The Kier molecular flexibility index (Phi) is 5.11. The molecule has 4 nitrogen and oxygen atoms in total. The summed E-state index contributed by atoms with van der Waals surface area (Å²) in [6.45, 7) is 3.85. The molecular formula is C9H17NO3. The zero-order valence-corrected chi connectivity index (χ0v) is 8.66. The summed E-state index contributed by atoms with van der Waals surface area (Å²) in [5.74, 6) is -0.370. The molecule has 4 heteroatoms. The Hall–Kier alpha value is -1.06. The molecule has 0 aliphatic heterocycles. The number of amides is 1. The van der Waals surface area contributed by atoms with Crippen molar-refractivity contribution in [3.05, 3.63) is 0 Å². The third-order valence-corrected chi connectivity index (χ3v) is 1.94. The third kappa shape index (κ3) is 4.50. The van der Waals surface area contributed by atoms with Gasteiger partial charge in [-0.3, -0.25) is 9.59 Å². The number of carbonyl (C=O) groups is 2. The fourth-order valence-corrected chi connectivity index (χ4v) is 0.775. The molecule has 0 aromatic carbocycles. The van der Waals surface area contributed by atoms with E-state index in [1.54, 1.807) is 11.9 Å². The van der Waals surface area contributed by atoms with Gasteiger partial charge in [-0.1, -0.05) is 0 Å². The predicted octanol–water partition coefficient (Wildman–Crippen LogP) is 0.806. The molecule has 0 spiro atoms. The van der Waals surface area contributed by atoms with Crippen LogP contribution in [0.4, 0.5) is 0 Å². The molecule has 0 bridgehead atoms. The number of hydrogen-bond acceptors (Lipinski definition) is 3. The SMILES string of the molecule is COC(=O)CCC(=O)N(C)C(C)C. The van der Waals surface area contributed by atoms with Crippen LogP contribution in [0.15, 0.2) is 0 Å². The van der Waals surface area contributed by atoms with Crippen molar-refractivity contribution in [2.75, 3.05) is 14.2 Å². The van der Waals surface area contributed by atoms with E-state index in [0.29, 0.717) is 0 Å². The smallest absolute Gasteiger partial charge is 0.306 e. The Balaban J connectivity index is 3.81. The first-order chi connectivity index (χ1) is 5.99. The molecule has 0 aliphatic carbocycles. The maximum Gasteiger partial charge on any atom is 0.306 e. The first kappa shape index (κ1) is 11.9. The highest BCUT2D eigenvalue weighted by Gasteiger charge is 2.13. The normalized spacial score (nSPS) is 9.92. The number of esters is 1. The summed E-state index contributed by atoms with van der Waals surface area (Å²) in [4.78, 5) is 23.7. The molecule has 0 aliphatic rings. The summed E-state index contributed by atoms with van der Waals surface area (Å²) in [6.07, 6.45) is 0.383. The van der Waals surface area contributed by atoms with E-state index in [-0.39, 0.29) is 30.8 Å². The van der Waals surface area contributed by atoms with Crippen molar-refractivity contribution < 1.29 is 14.3 Å². The summed E-state index contributed by atoms with van der Waals surface area (Å²) in [5.41, 5.74) is 0. The summed E-state index contributed by atoms with van der Waals surface area (Å²) in [6, 6.07) is 0.171. The molecule has 0 aromatic rings. The molecule has 0 N–H and O–H groups in total. The molecule has 0 rings (SSSR count). The molecule has 0 unspecified atom stereocenters. The lowest BCUT2D eigenvalue weighted by Gasteiger charge is -2.20. The van der Waals surface area contributed by atoms with Crippen LogP contribution in [-0.2, 0) is 14.3 Å². The molecule has 0 saturated carbocycles. The average Bonchev–Trinajstić information content (AvgIpc) is 2.11. The van der Waals surface area contributed by atoms with Gasteiger partial charge in [-0.2, -0.15) is 0 Å². The van der Waals surface area contributed by atoms with Crippen LogP contribution in [0.3, 0.4) is 0 Å². The fourth-order valence-electron chi connectivity index (χ4n) is 0.775. The lowest BCUT2D eigenvalue weighted by atomic mass is 10.2. The van der Waals surface area contributed by atoms with Crippen molar-refractivity contribution >= 4 is 11.9 Å². The van der Waals surface area contributed by atoms with Crippen LogP contribution in [0.25, 0.3) is 0 Å². The highest BCUT2D eigenvalue weighted by Crippen LogP contribution is 2.01. The number of carbonyl (C=O) groups excluding carboxylic acids is 2. The Morgan fingerprint density at radius 3 is 2.23 bits per heavy atom. The van der Waals surface area contributed by atoms with Crippen molar-refractivity contribution in [3.63, 3.8) is 0 Å². The van der Waals surface area contributed by atoms with E-state index in [1.807, 2.05) is 13.8 Å². The largest absolute Gasteiger partial charge is 0.469 e. The van der Waals surface area contributed by atoms with E-state index in [2.05, 4.69) is 4.74 Å². The van der Waals surface area contributed by atoms with Crippen LogP contribution >= 0.6 is 0 Å². The second kappa shape index (κ2) is 5.56. The monoisotopic (exact) mass is 187 g/mol.